The summed E-state index contributed by atoms with van der Waals surface area (Å²) in [6.45, 7) is 2.08. The predicted molar refractivity (Wildman–Crippen MR) is 137 cm³/mol. The lowest BCUT2D eigenvalue weighted by Gasteiger charge is -2.26. The molecule has 1 saturated heterocycles. The van der Waals surface area contributed by atoms with E-state index in [1.807, 2.05) is 42.5 Å². The molecule has 3 aromatic heterocycles. The fourth-order valence-electron chi connectivity index (χ4n) is 4.54. The number of sulfone groups is 1. The third kappa shape index (κ3) is 5.06. The van der Waals surface area contributed by atoms with Crippen molar-refractivity contribution in [2.24, 2.45) is 0 Å². The van der Waals surface area contributed by atoms with E-state index in [2.05, 4.69) is 26.0 Å². The van der Waals surface area contributed by atoms with Gasteiger partial charge in [0.2, 0.25) is 0 Å². The van der Waals surface area contributed by atoms with E-state index < -0.39 is 15.7 Å². The van der Waals surface area contributed by atoms with Crippen LogP contribution in [0.15, 0.2) is 60.9 Å². The summed E-state index contributed by atoms with van der Waals surface area (Å²) in [7, 11) is -1.23. The van der Waals surface area contributed by atoms with Gasteiger partial charge < -0.3 is 14.8 Å². The van der Waals surface area contributed by atoms with Crippen molar-refractivity contribution in [2.75, 3.05) is 43.5 Å². The van der Waals surface area contributed by atoms with E-state index in [0.717, 1.165) is 36.1 Å². The Labute approximate surface area is 204 Å². The van der Waals surface area contributed by atoms with E-state index in [1.54, 1.807) is 13.2 Å². The molecule has 182 valence electrons. The van der Waals surface area contributed by atoms with Crippen LogP contribution >= 0.6 is 0 Å². The topological polar surface area (TPSA) is 80.1 Å². The smallest absolute Gasteiger partial charge is 0.166 e. The van der Waals surface area contributed by atoms with Crippen LogP contribution in [-0.4, -0.2) is 66.0 Å². The highest BCUT2D eigenvalue weighted by atomic mass is 32.2. The fraction of sp³-hybridized carbons (Fsp3) is 0.308. The average molecular weight is 494 g/mol. The molecule has 1 aliphatic heterocycles. The molecular weight excluding hydrogens is 465 g/mol. The minimum absolute atomic E-state index is 0.205. The van der Waals surface area contributed by atoms with E-state index in [-0.39, 0.29) is 17.3 Å². The Kier molecular flexibility index (Phi) is 6.53. The van der Waals surface area contributed by atoms with Gasteiger partial charge in [-0.1, -0.05) is 18.2 Å². The first-order chi connectivity index (χ1) is 16.9. The second-order valence-electron chi connectivity index (χ2n) is 8.83. The van der Waals surface area contributed by atoms with Gasteiger partial charge in [0.25, 0.3) is 0 Å². The molecule has 1 N–H and O–H groups in total. The molecule has 0 bridgehead atoms. The molecule has 1 aromatic carbocycles. The monoisotopic (exact) mass is 493 g/mol. The normalized spacial score (nSPS) is 15.9. The van der Waals surface area contributed by atoms with Gasteiger partial charge in [0.05, 0.1) is 17.2 Å². The molecule has 1 aliphatic rings. The molecule has 4 aromatic rings. The first-order valence-corrected chi connectivity index (χ1v) is 13.6. The number of halogens is 1. The minimum atomic E-state index is -2.87. The number of aryl methyl sites for hydroxylation is 1. The number of anilines is 1. The molecular formula is C26H28FN5O2S. The van der Waals surface area contributed by atoms with Crippen LogP contribution in [0.1, 0.15) is 12.0 Å². The minimum Gasteiger partial charge on any atom is -0.371 e. The Morgan fingerprint density at radius 3 is 2.57 bits per heavy atom. The molecule has 35 heavy (non-hydrogen) atoms. The van der Waals surface area contributed by atoms with Gasteiger partial charge in [0.1, 0.15) is 5.65 Å². The van der Waals surface area contributed by atoms with Crippen LogP contribution in [0.5, 0.6) is 0 Å². The Morgan fingerprint density at radius 2 is 1.86 bits per heavy atom. The zero-order valence-corrected chi connectivity index (χ0v) is 20.4. The van der Waals surface area contributed by atoms with E-state index >= 15 is 0 Å². The van der Waals surface area contributed by atoms with Gasteiger partial charge in [-0.05, 0) is 55.3 Å². The molecule has 0 atom stereocenters. The molecule has 0 aliphatic carbocycles. The van der Waals surface area contributed by atoms with Crippen molar-refractivity contribution in [3.8, 4) is 16.9 Å². The van der Waals surface area contributed by atoms with Crippen molar-refractivity contribution < 1.29 is 12.8 Å². The molecule has 0 saturated carbocycles. The first kappa shape index (κ1) is 23.4. The van der Waals surface area contributed by atoms with Crippen molar-refractivity contribution in [3.63, 3.8) is 0 Å². The maximum absolute atomic E-state index is 14.3. The SMILES string of the molecule is CNc1ncc(-c2ccc3c(CCCN4CCS(=O)(=O)CC4)cn(-c4ccccc4)c3n2)cc1F. The summed E-state index contributed by atoms with van der Waals surface area (Å²) in [6.07, 6.45) is 5.53. The molecule has 0 spiro atoms. The van der Waals surface area contributed by atoms with E-state index in [0.29, 0.717) is 24.3 Å². The third-order valence-corrected chi connectivity index (χ3v) is 8.11. The largest absolute Gasteiger partial charge is 0.371 e. The lowest BCUT2D eigenvalue weighted by molar-refractivity contribution is 0.292. The molecule has 9 heteroatoms. The summed E-state index contributed by atoms with van der Waals surface area (Å²) < 4.78 is 39.8. The van der Waals surface area contributed by atoms with Gasteiger partial charge >= 0.3 is 0 Å². The maximum atomic E-state index is 14.3. The van der Waals surface area contributed by atoms with Gasteiger partial charge in [0, 0.05) is 49.2 Å². The second kappa shape index (κ2) is 9.75. The van der Waals surface area contributed by atoms with E-state index in [1.165, 1.54) is 11.6 Å². The molecule has 0 unspecified atom stereocenters. The zero-order chi connectivity index (χ0) is 24.4. The second-order valence-corrected chi connectivity index (χ2v) is 11.1. The van der Waals surface area contributed by atoms with Gasteiger partial charge in [-0.2, -0.15) is 0 Å². The van der Waals surface area contributed by atoms with Gasteiger partial charge in [-0.3, -0.25) is 0 Å². The third-order valence-electron chi connectivity index (χ3n) is 6.50. The van der Waals surface area contributed by atoms with Crippen LogP contribution in [0.2, 0.25) is 0 Å². The van der Waals surface area contributed by atoms with Crippen molar-refractivity contribution in [2.45, 2.75) is 12.8 Å². The molecule has 7 nitrogen and oxygen atoms in total. The number of para-hydroxylation sites is 1. The summed E-state index contributed by atoms with van der Waals surface area (Å²) >= 11 is 0. The Morgan fingerprint density at radius 1 is 1.09 bits per heavy atom. The van der Waals surface area contributed by atoms with Gasteiger partial charge in [0.15, 0.2) is 21.5 Å². The van der Waals surface area contributed by atoms with Crippen molar-refractivity contribution in [1.29, 1.82) is 0 Å². The number of fused-ring (bicyclic) bond motifs is 1. The summed E-state index contributed by atoms with van der Waals surface area (Å²) in [4.78, 5) is 11.3. The molecule has 0 radical (unpaired) electrons. The molecule has 1 fully saturated rings. The molecule has 4 heterocycles. The molecule has 0 amide bonds. The van der Waals surface area contributed by atoms with Crippen molar-refractivity contribution in [1.82, 2.24) is 19.4 Å². The summed E-state index contributed by atoms with van der Waals surface area (Å²) in [5.74, 6) is 0.280. The van der Waals surface area contributed by atoms with Crippen molar-refractivity contribution in [3.05, 3.63) is 72.3 Å². The quantitative estimate of drug-likeness (QED) is 0.420. The highest BCUT2D eigenvalue weighted by molar-refractivity contribution is 7.91. The molecule has 5 rings (SSSR count). The van der Waals surface area contributed by atoms with Crippen LogP contribution in [0, 0.1) is 5.82 Å². The van der Waals surface area contributed by atoms with Gasteiger partial charge in [-0.25, -0.2) is 22.8 Å². The summed E-state index contributed by atoms with van der Waals surface area (Å²) in [6, 6.07) is 15.4. The number of hydrogen-bond acceptors (Lipinski definition) is 6. The van der Waals surface area contributed by atoms with Gasteiger partial charge in [-0.15, -0.1) is 0 Å². The average Bonchev–Trinajstić information content (AvgIpc) is 3.23. The van der Waals surface area contributed by atoms with Crippen LogP contribution in [-0.2, 0) is 16.3 Å². The number of hydrogen-bond donors (Lipinski definition) is 1. The highest BCUT2D eigenvalue weighted by Gasteiger charge is 2.21. The summed E-state index contributed by atoms with van der Waals surface area (Å²) in [5.41, 5.74) is 4.27. The number of nitrogens with one attached hydrogen (secondary N) is 1. The standard InChI is InChI=1S/C26H28FN5O2S/c1-28-25-23(27)16-20(17-29-25)24-10-9-22-19(6-5-11-31-12-14-35(33,34)15-13-31)18-32(26(22)30-24)21-7-3-2-4-8-21/h2-4,7-10,16-18H,5-6,11-15H2,1H3,(H,28,29). The summed E-state index contributed by atoms with van der Waals surface area (Å²) in [5, 5.41) is 3.80. The zero-order valence-electron chi connectivity index (χ0n) is 19.6. The van der Waals surface area contributed by atoms with E-state index in [4.69, 9.17) is 4.98 Å². The maximum Gasteiger partial charge on any atom is 0.166 e. The number of pyridine rings is 2. The Balaban J connectivity index is 1.44. The number of nitrogens with zero attached hydrogens (tertiary/aromatic N) is 4. The van der Waals surface area contributed by atoms with E-state index in [9.17, 15) is 12.8 Å². The van der Waals surface area contributed by atoms with Crippen LogP contribution in [0.25, 0.3) is 28.0 Å². The first-order valence-electron chi connectivity index (χ1n) is 11.8. The van der Waals surface area contributed by atoms with Crippen LogP contribution < -0.4 is 5.32 Å². The Bertz CT molecular complexity index is 1440. The number of aromatic nitrogens is 3. The Hall–Kier alpha value is -3.30. The lowest BCUT2D eigenvalue weighted by Crippen LogP contribution is -2.40. The number of benzene rings is 1. The van der Waals surface area contributed by atoms with Crippen LogP contribution in [0.4, 0.5) is 10.2 Å². The van der Waals surface area contributed by atoms with Crippen LogP contribution in [0.3, 0.4) is 0 Å². The van der Waals surface area contributed by atoms with Crippen molar-refractivity contribution >= 4 is 26.7 Å². The predicted octanol–water partition coefficient (Wildman–Crippen LogP) is 3.93. The number of rotatable bonds is 7. The lowest BCUT2D eigenvalue weighted by atomic mass is 10.1. The fourth-order valence-corrected chi connectivity index (χ4v) is 5.82. The highest BCUT2D eigenvalue weighted by Crippen LogP contribution is 2.29.